The van der Waals surface area contributed by atoms with Crippen LogP contribution in [0.25, 0.3) is 0 Å². The van der Waals surface area contributed by atoms with Gasteiger partial charge in [0.25, 0.3) is 0 Å². The molecule has 1 rings (SSSR count). The number of rotatable bonds is 4. The number of carbonyl (C=O) groups excluding carboxylic acids is 1. The number of halogens is 6. The molecule has 1 aromatic rings. The van der Waals surface area contributed by atoms with E-state index in [0.29, 0.717) is 0 Å². The predicted octanol–water partition coefficient (Wildman–Crippen LogP) is 6.37. The fourth-order valence-electron chi connectivity index (χ4n) is 3.04. The first-order chi connectivity index (χ1) is 12.3. The van der Waals surface area contributed by atoms with Gasteiger partial charge < -0.3 is 4.74 Å². The van der Waals surface area contributed by atoms with Crippen LogP contribution in [0.5, 0.6) is 5.75 Å². The van der Waals surface area contributed by atoms with Gasteiger partial charge in [-0.1, -0.05) is 46.8 Å². The van der Waals surface area contributed by atoms with Gasteiger partial charge in [-0.2, -0.15) is 26.3 Å². The molecule has 28 heavy (non-hydrogen) atoms. The molecule has 0 heterocycles. The molecular weight excluding hydrogens is 388 g/mol. The Bertz CT molecular complexity index is 670. The molecule has 0 saturated heterocycles. The summed E-state index contributed by atoms with van der Waals surface area (Å²) in [4.78, 5) is 11.7. The van der Waals surface area contributed by atoms with Gasteiger partial charge >= 0.3 is 18.4 Å². The molecule has 0 aromatic heterocycles. The molecule has 0 saturated carbocycles. The first kappa shape index (κ1) is 24.1. The molecular formula is C19H25F6NO2. The molecule has 1 N–H and O–H groups in total. The smallest absolute Gasteiger partial charge is 0.410 e. The fourth-order valence-corrected chi connectivity index (χ4v) is 3.04. The van der Waals surface area contributed by atoms with Crippen molar-refractivity contribution in [2.75, 3.05) is 0 Å². The highest BCUT2D eigenvalue weighted by molar-refractivity contribution is 5.71. The number of benzene rings is 1. The van der Waals surface area contributed by atoms with Crippen LogP contribution < -0.4 is 10.1 Å². The molecule has 0 atom stereocenters. The predicted molar refractivity (Wildman–Crippen MR) is 93.2 cm³/mol. The van der Waals surface area contributed by atoms with Gasteiger partial charge in [-0.25, -0.2) is 4.79 Å². The van der Waals surface area contributed by atoms with E-state index in [-0.39, 0.29) is 23.5 Å². The SMILES string of the molecule is CC(C)(C)CC(C)(C)c1ccc(OC(=O)NC(C)(C(F)(F)F)C(F)(F)F)cc1. The second-order valence-electron chi connectivity index (χ2n) is 8.78. The highest BCUT2D eigenvalue weighted by Crippen LogP contribution is 2.43. The average Bonchev–Trinajstić information content (AvgIpc) is 2.42. The molecule has 0 aliphatic heterocycles. The van der Waals surface area contributed by atoms with Gasteiger partial charge in [0, 0.05) is 0 Å². The van der Waals surface area contributed by atoms with Crippen LogP contribution >= 0.6 is 0 Å². The van der Waals surface area contributed by atoms with Crippen molar-refractivity contribution >= 4 is 6.09 Å². The van der Waals surface area contributed by atoms with Gasteiger partial charge in [-0.3, -0.25) is 5.32 Å². The van der Waals surface area contributed by atoms with E-state index in [1.54, 1.807) is 12.1 Å². The van der Waals surface area contributed by atoms with E-state index in [0.717, 1.165) is 17.3 Å². The van der Waals surface area contributed by atoms with E-state index in [1.165, 1.54) is 12.1 Å². The zero-order valence-electron chi connectivity index (χ0n) is 16.6. The standard InChI is InChI=1S/C19H25F6NO2/c1-15(2,3)11-16(4,5)12-7-9-13(10-8-12)28-14(27)26-17(6,18(20,21)22)19(23,24)25/h7-10H,11H2,1-6H3,(H,26,27). The maximum atomic E-state index is 12.8. The Balaban J connectivity index is 2.94. The maximum Gasteiger partial charge on any atom is 0.420 e. The summed E-state index contributed by atoms with van der Waals surface area (Å²) in [6, 6.07) is 5.91. The average molecular weight is 413 g/mol. The second-order valence-corrected chi connectivity index (χ2v) is 8.78. The summed E-state index contributed by atoms with van der Waals surface area (Å²) in [6.07, 6.45) is -12.5. The number of carbonyl (C=O) groups is 1. The number of nitrogens with one attached hydrogen (secondary N) is 1. The summed E-state index contributed by atoms with van der Waals surface area (Å²) in [5, 5.41) is 0.887. The van der Waals surface area contributed by atoms with Crippen molar-refractivity contribution in [1.82, 2.24) is 5.32 Å². The minimum atomic E-state index is -5.74. The van der Waals surface area contributed by atoms with Crippen molar-refractivity contribution in [2.45, 2.75) is 71.3 Å². The summed E-state index contributed by atoms with van der Waals surface area (Å²) in [5.74, 6) is -0.167. The van der Waals surface area contributed by atoms with Crippen LogP contribution in [0.2, 0.25) is 0 Å². The molecule has 160 valence electrons. The molecule has 1 amide bonds. The van der Waals surface area contributed by atoms with E-state index >= 15 is 0 Å². The maximum absolute atomic E-state index is 12.8. The lowest BCUT2D eigenvalue weighted by Crippen LogP contribution is -2.66. The van der Waals surface area contributed by atoms with Crippen LogP contribution in [0.3, 0.4) is 0 Å². The first-order valence-corrected chi connectivity index (χ1v) is 8.52. The Morgan fingerprint density at radius 3 is 1.64 bits per heavy atom. The monoisotopic (exact) mass is 413 g/mol. The van der Waals surface area contributed by atoms with Gasteiger partial charge in [0.15, 0.2) is 0 Å². The number of hydrogen-bond acceptors (Lipinski definition) is 2. The number of alkyl halides is 6. The third-order valence-electron chi connectivity index (χ3n) is 4.30. The van der Waals surface area contributed by atoms with Crippen LogP contribution in [0, 0.1) is 5.41 Å². The summed E-state index contributed by atoms with van der Waals surface area (Å²) < 4.78 is 81.6. The topological polar surface area (TPSA) is 38.3 Å². The molecule has 0 unspecified atom stereocenters. The minimum Gasteiger partial charge on any atom is -0.410 e. The van der Waals surface area contributed by atoms with Crippen molar-refractivity contribution in [3.8, 4) is 5.75 Å². The fraction of sp³-hybridized carbons (Fsp3) is 0.632. The van der Waals surface area contributed by atoms with Crippen molar-refractivity contribution < 1.29 is 35.9 Å². The normalized spacial score (nSPS) is 14.0. The van der Waals surface area contributed by atoms with E-state index in [1.807, 2.05) is 13.8 Å². The highest BCUT2D eigenvalue weighted by atomic mass is 19.4. The largest absolute Gasteiger partial charge is 0.420 e. The lowest BCUT2D eigenvalue weighted by Gasteiger charge is -2.34. The van der Waals surface area contributed by atoms with Crippen molar-refractivity contribution in [1.29, 1.82) is 0 Å². The Kier molecular flexibility index (Phi) is 6.44. The summed E-state index contributed by atoms with van der Waals surface area (Å²) in [6.45, 7) is 10.1. The van der Waals surface area contributed by atoms with Gasteiger partial charge in [0.1, 0.15) is 5.75 Å². The van der Waals surface area contributed by atoms with E-state index in [2.05, 4.69) is 25.5 Å². The molecule has 9 heteroatoms. The molecule has 0 aliphatic rings. The zero-order chi connectivity index (χ0) is 22.2. The Morgan fingerprint density at radius 2 is 1.29 bits per heavy atom. The van der Waals surface area contributed by atoms with Crippen LogP contribution in [0.4, 0.5) is 31.1 Å². The number of hydrogen-bond donors (Lipinski definition) is 1. The highest BCUT2D eigenvalue weighted by Gasteiger charge is 2.69. The summed E-state index contributed by atoms with van der Waals surface area (Å²) >= 11 is 0. The van der Waals surface area contributed by atoms with E-state index in [4.69, 9.17) is 0 Å². The quantitative estimate of drug-likeness (QED) is 0.583. The van der Waals surface area contributed by atoms with Crippen molar-refractivity contribution in [2.24, 2.45) is 5.41 Å². The third kappa shape index (κ3) is 5.78. The summed E-state index contributed by atoms with van der Waals surface area (Å²) in [5.41, 5.74) is -3.72. The van der Waals surface area contributed by atoms with Gasteiger partial charge in [0.2, 0.25) is 5.54 Å². The lowest BCUT2D eigenvalue weighted by molar-refractivity contribution is -0.298. The van der Waals surface area contributed by atoms with Crippen LogP contribution in [-0.4, -0.2) is 24.0 Å². The molecule has 0 spiro atoms. The molecule has 3 nitrogen and oxygen atoms in total. The Hall–Kier alpha value is -1.93. The lowest BCUT2D eigenvalue weighted by atomic mass is 9.72. The van der Waals surface area contributed by atoms with Crippen LogP contribution in [-0.2, 0) is 5.41 Å². The molecule has 0 fully saturated rings. The Labute approximate surface area is 160 Å². The van der Waals surface area contributed by atoms with E-state index < -0.39 is 24.0 Å². The molecule has 1 aromatic carbocycles. The first-order valence-electron chi connectivity index (χ1n) is 8.52. The van der Waals surface area contributed by atoms with Crippen LogP contribution in [0.15, 0.2) is 24.3 Å². The van der Waals surface area contributed by atoms with Crippen molar-refractivity contribution in [3.63, 3.8) is 0 Å². The van der Waals surface area contributed by atoms with Gasteiger partial charge in [0.05, 0.1) is 0 Å². The third-order valence-corrected chi connectivity index (χ3v) is 4.30. The van der Waals surface area contributed by atoms with Gasteiger partial charge in [-0.05, 0) is 41.9 Å². The summed E-state index contributed by atoms with van der Waals surface area (Å²) in [7, 11) is 0. The number of amides is 1. The molecule has 0 bridgehead atoms. The van der Waals surface area contributed by atoms with Gasteiger partial charge in [-0.15, -0.1) is 0 Å². The van der Waals surface area contributed by atoms with E-state index in [9.17, 15) is 31.1 Å². The van der Waals surface area contributed by atoms with Crippen molar-refractivity contribution in [3.05, 3.63) is 29.8 Å². The Morgan fingerprint density at radius 1 is 0.857 bits per heavy atom. The molecule has 0 radical (unpaired) electrons. The second kappa shape index (κ2) is 7.48. The number of ether oxygens (including phenoxy) is 1. The van der Waals surface area contributed by atoms with Crippen LogP contribution in [0.1, 0.15) is 53.5 Å². The molecule has 0 aliphatic carbocycles. The minimum absolute atomic E-state index is 0.0399. The zero-order valence-corrected chi connectivity index (χ0v) is 16.6.